The van der Waals surface area contributed by atoms with Gasteiger partial charge in [-0.25, -0.2) is 8.42 Å². The highest BCUT2D eigenvalue weighted by atomic mass is 35.5. The molecule has 0 bridgehead atoms. The summed E-state index contributed by atoms with van der Waals surface area (Å²) in [6.07, 6.45) is 0. The largest absolute Gasteiger partial charge is 0.459 e. The number of nitrogens with two attached hydrogens (primary N) is 1. The van der Waals surface area contributed by atoms with Crippen LogP contribution in [0.15, 0.2) is 46.7 Å². The maximum atomic E-state index is 13.5. The van der Waals surface area contributed by atoms with Crippen LogP contribution >= 0.6 is 34.5 Å². The van der Waals surface area contributed by atoms with Crippen molar-refractivity contribution in [2.45, 2.75) is 31.3 Å². The lowest BCUT2D eigenvalue weighted by molar-refractivity contribution is -0.152. The number of hydrogen-bond donors (Lipinski definition) is 1. The Hall–Kier alpha value is -2.33. The van der Waals surface area contributed by atoms with Crippen LogP contribution < -0.4 is 10.0 Å². The number of benzene rings is 2. The minimum atomic E-state index is -4.25. The number of hydrogen-bond acceptors (Lipinski definition) is 6. The number of thiophene rings is 1. The first-order valence-electron chi connectivity index (χ1n) is 9.30. The van der Waals surface area contributed by atoms with Crippen molar-refractivity contribution in [2.24, 2.45) is 5.73 Å². The zero-order valence-electron chi connectivity index (χ0n) is 17.4. The summed E-state index contributed by atoms with van der Waals surface area (Å²) in [7, 11) is -4.25. The predicted molar refractivity (Wildman–Crippen MR) is 127 cm³/mol. The third-order valence-electron chi connectivity index (χ3n) is 4.23. The van der Waals surface area contributed by atoms with Crippen molar-refractivity contribution in [3.05, 3.63) is 57.4 Å². The summed E-state index contributed by atoms with van der Waals surface area (Å²) in [5.74, 6) is -1.32. The minimum absolute atomic E-state index is 0.133. The number of carbonyl (C=O) groups is 2. The smallest absolute Gasteiger partial charge is 0.327 e. The van der Waals surface area contributed by atoms with Crippen LogP contribution in [0.3, 0.4) is 0 Å². The van der Waals surface area contributed by atoms with Gasteiger partial charge in [0.25, 0.3) is 10.0 Å². The maximum Gasteiger partial charge on any atom is 0.327 e. The second-order valence-corrected chi connectivity index (χ2v) is 11.5. The molecule has 3 aromatic rings. The van der Waals surface area contributed by atoms with E-state index in [4.69, 9.17) is 33.7 Å². The molecule has 1 aromatic heterocycles. The summed E-state index contributed by atoms with van der Waals surface area (Å²) < 4.78 is 33.9. The van der Waals surface area contributed by atoms with E-state index in [1.807, 2.05) is 0 Å². The molecule has 0 saturated carbocycles. The quantitative estimate of drug-likeness (QED) is 0.473. The number of halogens is 2. The molecule has 11 heteroatoms. The van der Waals surface area contributed by atoms with Gasteiger partial charge in [0.05, 0.1) is 16.1 Å². The second-order valence-electron chi connectivity index (χ2n) is 7.90. The molecule has 1 amide bonds. The Morgan fingerprint density at radius 3 is 2.28 bits per heavy atom. The maximum absolute atomic E-state index is 13.5. The molecule has 0 aliphatic rings. The molecule has 0 unspecified atom stereocenters. The molecule has 2 N–H and O–H groups in total. The van der Waals surface area contributed by atoms with Crippen molar-refractivity contribution in [3.8, 4) is 0 Å². The Balaban J connectivity index is 2.13. The summed E-state index contributed by atoms with van der Waals surface area (Å²) >= 11 is 13.3. The van der Waals surface area contributed by atoms with Crippen molar-refractivity contribution in [3.63, 3.8) is 0 Å². The standard InChI is InChI=1S/C21H20Cl2N2O5S2/c1-21(2,3)30-19(26)10-25(32(28,29)15-7-12(22)6-13(23)8-15)14-4-5-16-17(20(24)27)11-31-18(16)9-14/h4-9,11H,10H2,1-3H3,(H2,24,27). The minimum Gasteiger partial charge on any atom is -0.459 e. The fourth-order valence-electron chi connectivity index (χ4n) is 2.97. The summed E-state index contributed by atoms with van der Waals surface area (Å²) in [4.78, 5) is 24.0. The lowest BCUT2D eigenvalue weighted by atomic mass is 10.1. The molecule has 1 heterocycles. The van der Waals surface area contributed by atoms with Crippen LogP contribution in [-0.2, 0) is 19.6 Å². The van der Waals surface area contributed by atoms with E-state index in [0.717, 1.165) is 4.31 Å². The van der Waals surface area contributed by atoms with Crippen molar-refractivity contribution in [1.82, 2.24) is 0 Å². The zero-order valence-corrected chi connectivity index (χ0v) is 20.5. The van der Waals surface area contributed by atoms with Crippen LogP contribution in [0.4, 0.5) is 5.69 Å². The number of rotatable bonds is 6. The van der Waals surface area contributed by atoms with Crippen LogP contribution in [0.2, 0.25) is 10.0 Å². The van der Waals surface area contributed by atoms with E-state index in [1.165, 1.54) is 35.6 Å². The highest BCUT2D eigenvalue weighted by Crippen LogP contribution is 2.33. The summed E-state index contributed by atoms with van der Waals surface area (Å²) in [5, 5.41) is 2.45. The molecule has 32 heavy (non-hydrogen) atoms. The number of fused-ring (bicyclic) bond motifs is 1. The Bertz CT molecular complexity index is 1290. The lowest BCUT2D eigenvalue weighted by Gasteiger charge is -2.26. The van der Waals surface area contributed by atoms with Gasteiger partial charge in [-0.1, -0.05) is 29.3 Å². The second kappa shape index (κ2) is 8.90. The molecule has 0 atom stereocenters. The van der Waals surface area contributed by atoms with E-state index in [2.05, 4.69) is 0 Å². The average Bonchev–Trinajstić information content (AvgIpc) is 3.07. The van der Waals surface area contributed by atoms with E-state index < -0.39 is 34.0 Å². The van der Waals surface area contributed by atoms with E-state index in [-0.39, 0.29) is 20.6 Å². The van der Waals surface area contributed by atoms with Crippen molar-refractivity contribution >= 4 is 72.2 Å². The van der Waals surface area contributed by atoms with E-state index in [9.17, 15) is 18.0 Å². The van der Waals surface area contributed by atoms with Crippen molar-refractivity contribution < 1.29 is 22.7 Å². The average molecular weight is 515 g/mol. The van der Waals surface area contributed by atoms with Gasteiger partial charge >= 0.3 is 5.97 Å². The molecule has 0 aliphatic carbocycles. The Labute approximate surface area is 199 Å². The topological polar surface area (TPSA) is 107 Å². The van der Waals surface area contributed by atoms with Crippen LogP contribution in [0.25, 0.3) is 10.1 Å². The zero-order chi connectivity index (χ0) is 23.8. The van der Waals surface area contributed by atoms with Crippen LogP contribution in [0, 0.1) is 0 Å². The number of carbonyl (C=O) groups excluding carboxylic acids is 2. The number of nitrogens with zero attached hydrogens (tertiary/aromatic N) is 1. The van der Waals surface area contributed by atoms with Crippen molar-refractivity contribution in [1.29, 1.82) is 0 Å². The number of ether oxygens (including phenoxy) is 1. The normalized spacial score (nSPS) is 12.0. The van der Waals surface area contributed by atoms with Crippen LogP contribution in [-0.4, -0.2) is 32.4 Å². The molecular weight excluding hydrogens is 495 g/mol. The fraction of sp³-hybridized carbons (Fsp3) is 0.238. The van der Waals surface area contributed by atoms with Gasteiger partial charge in [-0.2, -0.15) is 0 Å². The highest BCUT2D eigenvalue weighted by Gasteiger charge is 2.30. The monoisotopic (exact) mass is 514 g/mol. The molecule has 3 rings (SSSR count). The summed E-state index contributed by atoms with van der Waals surface area (Å²) in [6, 6.07) is 8.56. The van der Waals surface area contributed by atoms with Gasteiger partial charge in [0.1, 0.15) is 12.1 Å². The number of esters is 1. The number of amides is 1. The molecule has 0 radical (unpaired) electrons. The summed E-state index contributed by atoms with van der Waals surface area (Å²) in [6.45, 7) is 4.47. The third-order valence-corrected chi connectivity index (χ3v) is 7.36. The molecule has 170 valence electrons. The number of primary amides is 1. The molecule has 0 fully saturated rings. The number of sulfonamides is 1. The van der Waals surface area contributed by atoms with Gasteiger partial charge in [0, 0.05) is 25.5 Å². The van der Waals surface area contributed by atoms with E-state index in [1.54, 1.807) is 38.3 Å². The van der Waals surface area contributed by atoms with Gasteiger partial charge in [0.15, 0.2) is 0 Å². The Morgan fingerprint density at radius 1 is 1.09 bits per heavy atom. The predicted octanol–water partition coefficient (Wildman–Crippen LogP) is 4.84. The van der Waals surface area contributed by atoms with E-state index >= 15 is 0 Å². The van der Waals surface area contributed by atoms with Gasteiger partial charge in [-0.05, 0) is 51.1 Å². The lowest BCUT2D eigenvalue weighted by Crippen LogP contribution is -2.39. The third kappa shape index (κ3) is 5.35. The van der Waals surface area contributed by atoms with Gasteiger partial charge < -0.3 is 10.5 Å². The first-order valence-corrected chi connectivity index (χ1v) is 12.4. The molecule has 0 aliphatic heterocycles. The number of anilines is 1. The Morgan fingerprint density at radius 2 is 1.72 bits per heavy atom. The highest BCUT2D eigenvalue weighted by molar-refractivity contribution is 7.92. The first-order chi connectivity index (χ1) is 14.8. The van der Waals surface area contributed by atoms with E-state index in [0.29, 0.717) is 15.6 Å². The van der Waals surface area contributed by atoms with Gasteiger partial charge in [-0.15, -0.1) is 11.3 Å². The fourth-order valence-corrected chi connectivity index (χ4v) is 6.08. The van der Waals surface area contributed by atoms with Crippen LogP contribution in [0.5, 0.6) is 0 Å². The van der Waals surface area contributed by atoms with Gasteiger partial charge in [-0.3, -0.25) is 13.9 Å². The van der Waals surface area contributed by atoms with Gasteiger partial charge in [0.2, 0.25) is 5.91 Å². The SMILES string of the molecule is CC(C)(C)OC(=O)CN(c1ccc2c(C(N)=O)csc2c1)S(=O)(=O)c1cc(Cl)cc(Cl)c1. The Kier molecular flexibility index (Phi) is 6.76. The van der Waals surface area contributed by atoms with Crippen molar-refractivity contribution in [2.75, 3.05) is 10.8 Å². The molecule has 7 nitrogen and oxygen atoms in total. The van der Waals surface area contributed by atoms with Crippen LogP contribution in [0.1, 0.15) is 31.1 Å². The molecule has 0 spiro atoms. The molecule has 0 saturated heterocycles. The first kappa shape index (κ1) is 24.3. The summed E-state index contributed by atoms with van der Waals surface area (Å²) in [5.41, 5.74) is 5.13. The molecule has 2 aromatic carbocycles. The molecular formula is C21H20Cl2N2O5S2.